The normalized spacial score (nSPS) is 13.4. The van der Waals surface area contributed by atoms with Crippen molar-refractivity contribution < 1.29 is 14.3 Å². The standard InChI is InChI=1S/C12H11N3O3/c13-4-5-14-12(17)8-1-2-10-9(7-8)15-11(16)3-6-18-10/h1-2,7H,3,5-6H2,(H,14,17)(H,15,16). The van der Waals surface area contributed by atoms with Gasteiger partial charge < -0.3 is 15.4 Å². The first-order valence-electron chi connectivity index (χ1n) is 5.42. The number of nitrogens with zero attached hydrogens (tertiary/aromatic N) is 1. The van der Waals surface area contributed by atoms with Crippen molar-refractivity contribution in [2.24, 2.45) is 0 Å². The van der Waals surface area contributed by atoms with Crippen molar-refractivity contribution in [3.63, 3.8) is 0 Å². The molecule has 0 radical (unpaired) electrons. The zero-order valence-electron chi connectivity index (χ0n) is 9.53. The van der Waals surface area contributed by atoms with E-state index in [1.54, 1.807) is 12.1 Å². The van der Waals surface area contributed by atoms with Gasteiger partial charge in [0.05, 0.1) is 24.8 Å². The van der Waals surface area contributed by atoms with Crippen LogP contribution in [0.4, 0.5) is 5.69 Å². The van der Waals surface area contributed by atoms with Crippen molar-refractivity contribution in [3.05, 3.63) is 23.8 Å². The minimum atomic E-state index is -0.363. The average molecular weight is 245 g/mol. The van der Waals surface area contributed by atoms with E-state index in [1.807, 2.05) is 6.07 Å². The van der Waals surface area contributed by atoms with Gasteiger partial charge >= 0.3 is 0 Å². The van der Waals surface area contributed by atoms with E-state index in [2.05, 4.69) is 10.6 Å². The van der Waals surface area contributed by atoms with Gasteiger partial charge in [-0.25, -0.2) is 0 Å². The number of fused-ring (bicyclic) bond motifs is 1. The maximum atomic E-state index is 11.6. The van der Waals surface area contributed by atoms with Gasteiger partial charge in [0.15, 0.2) is 0 Å². The molecule has 18 heavy (non-hydrogen) atoms. The lowest BCUT2D eigenvalue weighted by atomic mass is 10.1. The number of anilines is 1. The van der Waals surface area contributed by atoms with Gasteiger partial charge in [0.1, 0.15) is 12.3 Å². The molecule has 0 saturated carbocycles. The number of amides is 2. The van der Waals surface area contributed by atoms with E-state index in [4.69, 9.17) is 10.00 Å². The second-order valence-electron chi connectivity index (χ2n) is 3.70. The first kappa shape index (κ1) is 11.9. The molecule has 0 atom stereocenters. The highest BCUT2D eigenvalue weighted by atomic mass is 16.5. The third kappa shape index (κ3) is 2.58. The monoisotopic (exact) mass is 245 g/mol. The molecule has 6 nitrogen and oxygen atoms in total. The van der Waals surface area contributed by atoms with E-state index in [0.717, 1.165) is 0 Å². The van der Waals surface area contributed by atoms with E-state index in [9.17, 15) is 9.59 Å². The summed E-state index contributed by atoms with van der Waals surface area (Å²) < 4.78 is 5.37. The quantitative estimate of drug-likeness (QED) is 0.749. The Balaban J connectivity index is 2.23. The van der Waals surface area contributed by atoms with E-state index in [0.29, 0.717) is 23.6 Å². The fourth-order valence-electron chi connectivity index (χ4n) is 1.58. The SMILES string of the molecule is N#CCNC(=O)c1ccc2c(c1)NC(=O)CCO2. The summed E-state index contributed by atoms with van der Waals surface area (Å²) in [4.78, 5) is 23.0. The highest BCUT2D eigenvalue weighted by Gasteiger charge is 2.15. The summed E-state index contributed by atoms with van der Waals surface area (Å²) in [5.74, 6) is 0.0267. The molecule has 2 N–H and O–H groups in total. The molecule has 1 aliphatic heterocycles. The van der Waals surface area contributed by atoms with Gasteiger partial charge in [-0.1, -0.05) is 0 Å². The Morgan fingerprint density at radius 1 is 1.56 bits per heavy atom. The van der Waals surface area contributed by atoms with E-state index < -0.39 is 0 Å². The minimum Gasteiger partial charge on any atom is -0.491 e. The van der Waals surface area contributed by atoms with Crippen LogP contribution in [0.1, 0.15) is 16.8 Å². The Bertz CT molecular complexity index is 534. The van der Waals surface area contributed by atoms with E-state index in [1.165, 1.54) is 6.07 Å². The number of nitriles is 1. The van der Waals surface area contributed by atoms with E-state index >= 15 is 0 Å². The molecule has 92 valence electrons. The molecule has 2 amide bonds. The number of carbonyl (C=O) groups excluding carboxylic acids is 2. The predicted molar refractivity (Wildman–Crippen MR) is 63.1 cm³/mol. The highest BCUT2D eigenvalue weighted by molar-refractivity contribution is 5.98. The number of carbonyl (C=O) groups is 2. The third-order valence-electron chi connectivity index (χ3n) is 2.43. The summed E-state index contributed by atoms with van der Waals surface area (Å²) in [6.45, 7) is 0.261. The Morgan fingerprint density at radius 3 is 3.17 bits per heavy atom. The zero-order chi connectivity index (χ0) is 13.0. The first-order chi connectivity index (χ1) is 8.70. The molecule has 0 spiro atoms. The molecular weight excluding hydrogens is 234 g/mol. The Morgan fingerprint density at radius 2 is 2.39 bits per heavy atom. The number of benzene rings is 1. The smallest absolute Gasteiger partial charge is 0.252 e. The summed E-state index contributed by atoms with van der Waals surface area (Å²) in [5.41, 5.74) is 0.844. The van der Waals surface area contributed by atoms with Crippen LogP contribution >= 0.6 is 0 Å². The lowest BCUT2D eigenvalue weighted by molar-refractivity contribution is -0.116. The van der Waals surface area contributed by atoms with Gasteiger partial charge in [0.25, 0.3) is 5.91 Å². The van der Waals surface area contributed by atoms with Crippen LogP contribution in [0.3, 0.4) is 0 Å². The molecule has 0 fully saturated rings. The van der Waals surface area contributed by atoms with Crippen LogP contribution in [0.2, 0.25) is 0 Å². The van der Waals surface area contributed by atoms with Crippen molar-refractivity contribution in [1.29, 1.82) is 5.26 Å². The van der Waals surface area contributed by atoms with Crippen LogP contribution in [0.15, 0.2) is 18.2 Å². The van der Waals surface area contributed by atoms with Crippen LogP contribution < -0.4 is 15.4 Å². The Kier molecular flexibility index (Phi) is 3.44. The topological polar surface area (TPSA) is 91.2 Å². The van der Waals surface area contributed by atoms with Crippen molar-refractivity contribution in [1.82, 2.24) is 5.32 Å². The Hall–Kier alpha value is -2.55. The number of rotatable bonds is 2. The fourth-order valence-corrected chi connectivity index (χ4v) is 1.58. The lowest BCUT2D eigenvalue weighted by Gasteiger charge is -2.08. The molecule has 0 aromatic heterocycles. The van der Waals surface area contributed by atoms with Crippen molar-refractivity contribution >= 4 is 17.5 Å². The summed E-state index contributed by atoms with van der Waals surface area (Å²) in [5, 5.41) is 13.5. The molecular formula is C12H11N3O3. The van der Waals surface area contributed by atoms with Crippen LogP contribution in [0.5, 0.6) is 5.75 Å². The second-order valence-corrected chi connectivity index (χ2v) is 3.70. The third-order valence-corrected chi connectivity index (χ3v) is 2.43. The molecule has 0 bridgehead atoms. The largest absolute Gasteiger partial charge is 0.491 e. The number of nitrogens with one attached hydrogen (secondary N) is 2. The maximum Gasteiger partial charge on any atom is 0.252 e. The van der Waals surface area contributed by atoms with Crippen molar-refractivity contribution in [2.75, 3.05) is 18.5 Å². The first-order valence-corrected chi connectivity index (χ1v) is 5.42. The van der Waals surface area contributed by atoms with Gasteiger partial charge in [0, 0.05) is 5.56 Å². The number of ether oxygens (including phenoxy) is 1. The summed E-state index contributed by atoms with van der Waals surface area (Å²) >= 11 is 0. The molecule has 1 aliphatic rings. The fraction of sp³-hybridized carbons (Fsp3) is 0.250. The molecule has 1 aromatic carbocycles. The van der Waals surface area contributed by atoms with Crippen molar-refractivity contribution in [2.45, 2.75) is 6.42 Å². The molecule has 0 unspecified atom stereocenters. The van der Waals surface area contributed by atoms with E-state index in [-0.39, 0.29) is 24.8 Å². The molecule has 6 heteroatoms. The number of hydrogen-bond acceptors (Lipinski definition) is 4. The number of hydrogen-bond donors (Lipinski definition) is 2. The summed E-state index contributed by atoms with van der Waals surface area (Å²) in [6.07, 6.45) is 0.282. The minimum absolute atomic E-state index is 0.0568. The van der Waals surface area contributed by atoms with Crippen molar-refractivity contribution in [3.8, 4) is 11.8 Å². The molecule has 1 heterocycles. The highest BCUT2D eigenvalue weighted by Crippen LogP contribution is 2.27. The van der Waals surface area contributed by atoms with Gasteiger partial charge in [-0.05, 0) is 18.2 Å². The zero-order valence-corrected chi connectivity index (χ0v) is 9.53. The van der Waals surface area contributed by atoms with Gasteiger partial charge in [0.2, 0.25) is 5.91 Å². The average Bonchev–Trinajstić information content (AvgIpc) is 2.55. The van der Waals surface area contributed by atoms with Gasteiger partial charge in [-0.3, -0.25) is 9.59 Å². The molecule has 1 aromatic rings. The Labute approximate surface area is 104 Å². The summed E-state index contributed by atoms with van der Waals surface area (Å²) in [7, 11) is 0. The molecule has 2 rings (SSSR count). The van der Waals surface area contributed by atoms with Crippen LogP contribution in [0, 0.1) is 11.3 Å². The van der Waals surface area contributed by atoms with Crippen LogP contribution in [-0.4, -0.2) is 25.0 Å². The molecule has 0 aliphatic carbocycles. The lowest BCUT2D eigenvalue weighted by Crippen LogP contribution is -2.23. The van der Waals surface area contributed by atoms with Gasteiger partial charge in [-0.2, -0.15) is 5.26 Å². The van der Waals surface area contributed by atoms with Crippen LogP contribution in [0.25, 0.3) is 0 Å². The van der Waals surface area contributed by atoms with Gasteiger partial charge in [-0.15, -0.1) is 0 Å². The maximum absolute atomic E-state index is 11.6. The predicted octanol–water partition coefficient (Wildman–Crippen LogP) is 0.661. The second kappa shape index (κ2) is 5.19. The molecule has 0 saturated heterocycles. The summed E-state index contributed by atoms with van der Waals surface area (Å²) in [6, 6.07) is 6.57. The van der Waals surface area contributed by atoms with Crippen LogP contribution in [-0.2, 0) is 4.79 Å².